The van der Waals surface area contributed by atoms with E-state index in [1.54, 1.807) is 12.1 Å². The van der Waals surface area contributed by atoms with Gasteiger partial charge in [0.25, 0.3) is 0 Å². The van der Waals surface area contributed by atoms with Crippen molar-refractivity contribution >= 4 is 18.2 Å². The van der Waals surface area contributed by atoms with E-state index in [4.69, 9.17) is 9.47 Å². The molecule has 1 atom stereocenters. The molecular weight excluding hydrogens is 404 g/mol. The van der Waals surface area contributed by atoms with Crippen LogP contribution in [0.2, 0.25) is 0 Å². The molecule has 0 amide bonds. The molecule has 0 spiro atoms. The van der Waals surface area contributed by atoms with Crippen molar-refractivity contribution in [3.8, 4) is 11.5 Å². The van der Waals surface area contributed by atoms with Gasteiger partial charge in [-0.1, -0.05) is 24.3 Å². The van der Waals surface area contributed by atoms with Gasteiger partial charge in [0.2, 0.25) is 6.79 Å². The number of ketones is 1. The highest BCUT2D eigenvalue weighted by Gasteiger charge is 2.31. The summed E-state index contributed by atoms with van der Waals surface area (Å²) in [7, 11) is 0. The van der Waals surface area contributed by atoms with Crippen molar-refractivity contribution in [3.05, 3.63) is 59.2 Å². The number of rotatable bonds is 5. The van der Waals surface area contributed by atoms with Crippen LogP contribution in [0.4, 0.5) is 0 Å². The summed E-state index contributed by atoms with van der Waals surface area (Å²) in [6.07, 6.45) is 1.61. The van der Waals surface area contributed by atoms with E-state index in [1.165, 1.54) is 5.56 Å². The largest absolute Gasteiger partial charge is 0.454 e. The van der Waals surface area contributed by atoms with Gasteiger partial charge in [-0.3, -0.25) is 14.6 Å². The van der Waals surface area contributed by atoms with Gasteiger partial charge in [-0.25, -0.2) is 0 Å². The van der Waals surface area contributed by atoms with E-state index in [-0.39, 0.29) is 25.0 Å². The van der Waals surface area contributed by atoms with Gasteiger partial charge in [-0.05, 0) is 61.2 Å². The smallest absolute Gasteiger partial charge is 0.231 e. The first kappa shape index (κ1) is 21.1. The molecule has 6 nitrogen and oxygen atoms in total. The Balaban J connectivity index is 0.00000218. The summed E-state index contributed by atoms with van der Waals surface area (Å²) in [5.41, 5.74) is 2.94. The van der Waals surface area contributed by atoms with Crippen molar-refractivity contribution in [2.45, 2.75) is 25.6 Å². The summed E-state index contributed by atoms with van der Waals surface area (Å²) in [5, 5.41) is 10.6. The highest BCUT2D eigenvalue weighted by molar-refractivity contribution is 5.98. The summed E-state index contributed by atoms with van der Waals surface area (Å²) < 4.78 is 10.7. The van der Waals surface area contributed by atoms with Crippen molar-refractivity contribution in [3.63, 3.8) is 0 Å². The standard InChI is InChI=1S/C23H26N2O4.ClH/c26-20(17-5-6-21-22(11-17)29-15-28-21)14-24-9-7-16(8-10-24)12-25-13-18-3-1-2-4-19(18)23(25)27;/h1-6,11,16,23,27H,7-10,12-15H2;1H. The van der Waals surface area contributed by atoms with Gasteiger partial charge in [-0.2, -0.15) is 0 Å². The number of aliphatic hydroxyl groups is 1. The van der Waals surface area contributed by atoms with E-state index in [9.17, 15) is 9.90 Å². The summed E-state index contributed by atoms with van der Waals surface area (Å²) in [6.45, 7) is 4.21. The Morgan fingerprint density at radius 1 is 1.07 bits per heavy atom. The number of piperidine rings is 1. The predicted molar refractivity (Wildman–Crippen MR) is 115 cm³/mol. The molecule has 0 aromatic heterocycles. The zero-order valence-electron chi connectivity index (χ0n) is 16.8. The lowest BCUT2D eigenvalue weighted by Crippen LogP contribution is -2.40. The molecule has 1 fully saturated rings. The molecule has 1 unspecified atom stereocenters. The maximum Gasteiger partial charge on any atom is 0.231 e. The Morgan fingerprint density at radius 2 is 1.83 bits per heavy atom. The third kappa shape index (κ3) is 4.18. The second-order valence-corrected chi connectivity index (χ2v) is 8.21. The zero-order chi connectivity index (χ0) is 19.8. The van der Waals surface area contributed by atoms with E-state index >= 15 is 0 Å². The normalized spacial score (nSPS) is 21.3. The predicted octanol–water partition coefficient (Wildman–Crippen LogP) is 3.24. The molecule has 1 N–H and O–H groups in total. The molecule has 5 rings (SSSR count). The number of ether oxygens (including phenoxy) is 2. The van der Waals surface area contributed by atoms with Crippen LogP contribution in [-0.2, 0) is 6.54 Å². The zero-order valence-corrected chi connectivity index (χ0v) is 17.6. The van der Waals surface area contributed by atoms with Crippen LogP contribution in [0.3, 0.4) is 0 Å². The topological polar surface area (TPSA) is 62.2 Å². The molecule has 3 aliphatic rings. The van der Waals surface area contributed by atoms with Crippen LogP contribution in [0.15, 0.2) is 42.5 Å². The average molecular weight is 431 g/mol. The summed E-state index contributed by atoms with van der Waals surface area (Å²) in [4.78, 5) is 17.1. The Labute approximate surface area is 182 Å². The van der Waals surface area contributed by atoms with Crippen molar-refractivity contribution in [2.75, 3.05) is 33.0 Å². The van der Waals surface area contributed by atoms with E-state index in [2.05, 4.69) is 15.9 Å². The van der Waals surface area contributed by atoms with E-state index < -0.39 is 6.23 Å². The Kier molecular flexibility index (Phi) is 6.29. The summed E-state index contributed by atoms with van der Waals surface area (Å²) in [6, 6.07) is 13.5. The molecule has 1 saturated heterocycles. The molecule has 0 radical (unpaired) electrons. The summed E-state index contributed by atoms with van der Waals surface area (Å²) in [5.74, 6) is 2.02. The fraction of sp³-hybridized carbons (Fsp3) is 0.435. The number of hydrogen-bond donors (Lipinski definition) is 1. The highest BCUT2D eigenvalue weighted by atomic mass is 35.5. The molecular formula is C23H27ClN2O4. The van der Waals surface area contributed by atoms with Gasteiger partial charge in [0.15, 0.2) is 17.3 Å². The monoisotopic (exact) mass is 430 g/mol. The van der Waals surface area contributed by atoms with Crippen LogP contribution in [0.5, 0.6) is 11.5 Å². The van der Waals surface area contributed by atoms with Gasteiger partial charge in [0.1, 0.15) is 6.23 Å². The average Bonchev–Trinajstić information content (AvgIpc) is 3.34. The number of likely N-dealkylation sites (tertiary alicyclic amines) is 1. The van der Waals surface area contributed by atoms with Crippen molar-refractivity contribution in [1.82, 2.24) is 9.80 Å². The second-order valence-electron chi connectivity index (χ2n) is 8.21. The second kappa shape index (κ2) is 8.94. The number of carbonyl (C=O) groups is 1. The van der Waals surface area contributed by atoms with Gasteiger partial charge in [-0.15, -0.1) is 12.4 Å². The molecule has 0 aliphatic carbocycles. The Bertz CT molecular complexity index is 914. The number of halogens is 1. The fourth-order valence-electron chi connectivity index (χ4n) is 4.62. The minimum absolute atomic E-state index is 0. The molecule has 30 heavy (non-hydrogen) atoms. The molecule has 3 aliphatic heterocycles. The maximum absolute atomic E-state index is 12.7. The van der Waals surface area contributed by atoms with Crippen LogP contribution >= 0.6 is 12.4 Å². The molecule has 2 aromatic rings. The Morgan fingerprint density at radius 3 is 2.63 bits per heavy atom. The lowest BCUT2D eigenvalue weighted by molar-refractivity contribution is -0.00352. The third-order valence-electron chi connectivity index (χ3n) is 6.31. The molecule has 2 aromatic carbocycles. The third-order valence-corrected chi connectivity index (χ3v) is 6.31. The van der Waals surface area contributed by atoms with E-state index in [1.807, 2.05) is 24.3 Å². The number of aliphatic hydroxyl groups excluding tert-OH is 1. The molecule has 0 saturated carbocycles. The van der Waals surface area contributed by atoms with Crippen molar-refractivity contribution < 1.29 is 19.4 Å². The van der Waals surface area contributed by atoms with Gasteiger partial charge >= 0.3 is 0 Å². The number of carbonyl (C=O) groups excluding carboxylic acids is 1. The molecule has 7 heteroatoms. The number of benzene rings is 2. The fourth-order valence-corrected chi connectivity index (χ4v) is 4.62. The van der Waals surface area contributed by atoms with Crippen LogP contribution in [0.1, 0.15) is 40.6 Å². The van der Waals surface area contributed by atoms with Gasteiger partial charge in [0, 0.05) is 18.7 Å². The number of Topliss-reactive ketones (excluding diaryl/α,β-unsaturated/α-hetero) is 1. The lowest BCUT2D eigenvalue weighted by atomic mass is 9.95. The molecule has 0 bridgehead atoms. The maximum atomic E-state index is 12.7. The van der Waals surface area contributed by atoms with E-state index in [0.29, 0.717) is 29.5 Å². The van der Waals surface area contributed by atoms with Crippen LogP contribution in [0, 0.1) is 5.92 Å². The van der Waals surface area contributed by atoms with Crippen LogP contribution in [0.25, 0.3) is 0 Å². The minimum Gasteiger partial charge on any atom is -0.454 e. The lowest BCUT2D eigenvalue weighted by Gasteiger charge is -2.34. The first-order valence-corrected chi connectivity index (χ1v) is 10.3. The SMILES string of the molecule is Cl.O=C(CN1CCC(CN2Cc3ccccc3C2O)CC1)c1ccc2c(c1)OCO2. The van der Waals surface area contributed by atoms with Crippen LogP contribution in [-0.4, -0.2) is 53.7 Å². The molecule has 160 valence electrons. The first-order chi connectivity index (χ1) is 14.2. The van der Waals surface area contributed by atoms with Gasteiger partial charge in [0.05, 0.1) is 6.54 Å². The number of nitrogens with zero attached hydrogens (tertiary/aromatic N) is 2. The molecule has 3 heterocycles. The van der Waals surface area contributed by atoms with Crippen LogP contribution < -0.4 is 9.47 Å². The first-order valence-electron chi connectivity index (χ1n) is 10.3. The van der Waals surface area contributed by atoms with Crippen molar-refractivity contribution in [1.29, 1.82) is 0 Å². The van der Waals surface area contributed by atoms with Crippen molar-refractivity contribution in [2.24, 2.45) is 5.92 Å². The quantitative estimate of drug-likeness (QED) is 0.735. The minimum atomic E-state index is -0.489. The number of fused-ring (bicyclic) bond motifs is 2. The Hall–Kier alpha value is -2.12. The number of hydrogen-bond acceptors (Lipinski definition) is 6. The van der Waals surface area contributed by atoms with Gasteiger partial charge < -0.3 is 14.6 Å². The van der Waals surface area contributed by atoms with E-state index in [0.717, 1.165) is 44.6 Å². The summed E-state index contributed by atoms with van der Waals surface area (Å²) >= 11 is 0. The highest BCUT2D eigenvalue weighted by Crippen LogP contribution is 2.34.